The van der Waals surface area contributed by atoms with Crippen molar-refractivity contribution in [3.63, 3.8) is 0 Å². The molecule has 114 valence electrons. The molecule has 6 nitrogen and oxygen atoms in total. The number of piperidine rings is 1. The van der Waals surface area contributed by atoms with Crippen molar-refractivity contribution in [2.24, 2.45) is 0 Å². The summed E-state index contributed by atoms with van der Waals surface area (Å²) in [7, 11) is -2.15. The molecule has 1 aliphatic rings. The monoisotopic (exact) mass is 313 g/mol. The summed E-state index contributed by atoms with van der Waals surface area (Å²) in [6.45, 7) is 4.39. The van der Waals surface area contributed by atoms with Gasteiger partial charge in [0.05, 0.1) is 0 Å². The standard InChI is InChI=1S/C11H23N3O3S.ClH/c1-3-8-14(10-4-6-13-7-5-10)11(15)9-18(16,17)12-2;/h10,12-13H,3-9H2,1-2H3;1H. The summed E-state index contributed by atoms with van der Waals surface area (Å²) >= 11 is 0. The van der Waals surface area contributed by atoms with E-state index in [0.29, 0.717) is 6.54 Å². The summed E-state index contributed by atoms with van der Waals surface area (Å²) in [6.07, 6.45) is 2.63. The minimum Gasteiger partial charge on any atom is -0.339 e. The fraction of sp³-hybridized carbons (Fsp3) is 0.909. The second-order valence-electron chi connectivity index (χ2n) is 4.53. The van der Waals surface area contributed by atoms with Crippen molar-refractivity contribution in [2.75, 3.05) is 32.4 Å². The van der Waals surface area contributed by atoms with Crippen LogP contribution in [0.1, 0.15) is 26.2 Å². The van der Waals surface area contributed by atoms with Crippen LogP contribution in [0, 0.1) is 0 Å². The molecule has 0 bridgehead atoms. The summed E-state index contributed by atoms with van der Waals surface area (Å²) in [5.41, 5.74) is 0. The van der Waals surface area contributed by atoms with Gasteiger partial charge in [-0.3, -0.25) is 4.79 Å². The molecule has 1 saturated heterocycles. The van der Waals surface area contributed by atoms with E-state index >= 15 is 0 Å². The molecule has 1 heterocycles. The number of carbonyl (C=O) groups excluding carboxylic acids is 1. The predicted molar refractivity (Wildman–Crippen MR) is 78.0 cm³/mol. The van der Waals surface area contributed by atoms with Crippen LogP contribution in [-0.4, -0.2) is 57.7 Å². The van der Waals surface area contributed by atoms with Crippen molar-refractivity contribution < 1.29 is 13.2 Å². The Morgan fingerprint density at radius 1 is 1.37 bits per heavy atom. The molecule has 19 heavy (non-hydrogen) atoms. The first-order valence-corrected chi connectivity index (χ1v) is 8.06. The van der Waals surface area contributed by atoms with Crippen LogP contribution in [0.15, 0.2) is 0 Å². The molecule has 0 radical (unpaired) electrons. The number of sulfonamides is 1. The molecule has 2 N–H and O–H groups in total. The molecule has 0 aromatic rings. The Kier molecular flexibility index (Phi) is 8.56. The van der Waals surface area contributed by atoms with Crippen LogP contribution < -0.4 is 10.0 Å². The van der Waals surface area contributed by atoms with Crippen LogP contribution >= 0.6 is 12.4 Å². The summed E-state index contributed by atoms with van der Waals surface area (Å²) < 4.78 is 25.0. The minimum absolute atomic E-state index is 0. The number of rotatable bonds is 6. The Morgan fingerprint density at radius 3 is 2.42 bits per heavy atom. The Hall–Kier alpha value is -0.370. The van der Waals surface area contributed by atoms with E-state index in [-0.39, 0.29) is 24.4 Å². The fourth-order valence-electron chi connectivity index (χ4n) is 2.19. The topological polar surface area (TPSA) is 78.5 Å². The Balaban J connectivity index is 0.00000324. The highest BCUT2D eigenvalue weighted by Crippen LogP contribution is 2.13. The largest absolute Gasteiger partial charge is 0.339 e. The highest BCUT2D eigenvalue weighted by Gasteiger charge is 2.27. The van der Waals surface area contributed by atoms with Gasteiger partial charge in [-0.25, -0.2) is 13.1 Å². The van der Waals surface area contributed by atoms with Gasteiger partial charge in [0.25, 0.3) is 0 Å². The van der Waals surface area contributed by atoms with Gasteiger partial charge in [-0.2, -0.15) is 0 Å². The molecule has 0 aliphatic carbocycles. The number of carbonyl (C=O) groups is 1. The highest BCUT2D eigenvalue weighted by molar-refractivity contribution is 7.90. The molecule has 1 rings (SSSR count). The van der Waals surface area contributed by atoms with E-state index in [4.69, 9.17) is 0 Å². The van der Waals surface area contributed by atoms with E-state index in [9.17, 15) is 13.2 Å². The first kappa shape index (κ1) is 18.6. The molecule has 1 aliphatic heterocycles. The number of hydrogen-bond donors (Lipinski definition) is 2. The molecule has 8 heteroatoms. The maximum absolute atomic E-state index is 12.1. The third kappa shape index (κ3) is 6.07. The van der Waals surface area contributed by atoms with Crippen LogP contribution in [-0.2, 0) is 14.8 Å². The second kappa shape index (κ2) is 8.73. The zero-order valence-electron chi connectivity index (χ0n) is 11.5. The van der Waals surface area contributed by atoms with Crippen LogP contribution in [0.2, 0.25) is 0 Å². The molecule has 0 aromatic heterocycles. The number of nitrogens with one attached hydrogen (secondary N) is 2. The first-order valence-electron chi connectivity index (χ1n) is 6.41. The first-order chi connectivity index (χ1) is 8.50. The van der Waals surface area contributed by atoms with Crippen LogP contribution in [0.5, 0.6) is 0 Å². The average molecular weight is 314 g/mol. The fourth-order valence-corrected chi connectivity index (χ4v) is 2.82. The smallest absolute Gasteiger partial charge is 0.239 e. The van der Waals surface area contributed by atoms with Gasteiger partial charge in [0, 0.05) is 12.6 Å². The van der Waals surface area contributed by atoms with Gasteiger partial charge in [0.15, 0.2) is 0 Å². The Morgan fingerprint density at radius 2 is 1.95 bits per heavy atom. The Bertz CT molecular complexity index is 369. The highest BCUT2D eigenvalue weighted by atomic mass is 35.5. The molecule has 0 atom stereocenters. The molecule has 0 aromatic carbocycles. The minimum atomic E-state index is -3.48. The van der Waals surface area contributed by atoms with E-state index in [1.54, 1.807) is 4.90 Å². The van der Waals surface area contributed by atoms with E-state index in [0.717, 1.165) is 32.4 Å². The zero-order valence-corrected chi connectivity index (χ0v) is 13.1. The molecule has 1 fully saturated rings. The van der Waals surface area contributed by atoms with E-state index in [1.807, 2.05) is 6.92 Å². The third-order valence-corrected chi connectivity index (χ3v) is 4.41. The van der Waals surface area contributed by atoms with E-state index in [1.165, 1.54) is 7.05 Å². The summed E-state index contributed by atoms with van der Waals surface area (Å²) in [6, 6.07) is 0.172. The molecular weight excluding hydrogens is 290 g/mol. The van der Waals surface area contributed by atoms with Crippen molar-refractivity contribution in [3.8, 4) is 0 Å². The molecular formula is C11H24ClN3O3S. The normalized spacial score (nSPS) is 16.7. The van der Waals surface area contributed by atoms with Crippen molar-refractivity contribution >= 4 is 28.3 Å². The van der Waals surface area contributed by atoms with Gasteiger partial charge in [-0.15, -0.1) is 12.4 Å². The lowest BCUT2D eigenvalue weighted by Crippen LogP contribution is -2.49. The molecule has 0 spiro atoms. The zero-order chi connectivity index (χ0) is 13.6. The maximum atomic E-state index is 12.1. The summed E-state index contributed by atoms with van der Waals surface area (Å²) in [5, 5.41) is 3.24. The molecule has 0 unspecified atom stereocenters. The molecule has 0 saturated carbocycles. The van der Waals surface area contributed by atoms with Crippen molar-refractivity contribution in [1.82, 2.24) is 14.9 Å². The van der Waals surface area contributed by atoms with E-state index in [2.05, 4.69) is 10.0 Å². The predicted octanol–water partition coefficient (Wildman–Crippen LogP) is -0.0520. The maximum Gasteiger partial charge on any atom is 0.239 e. The van der Waals surface area contributed by atoms with Gasteiger partial charge >= 0.3 is 0 Å². The van der Waals surface area contributed by atoms with E-state index < -0.39 is 15.8 Å². The molecule has 1 amide bonds. The van der Waals surface area contributed by atoms with Crippen LogP contribution in [0.4, 0.5) is 0 Å². The SMILES string of the molecule is CCCN(C(=O)CS(=O)(=O)NC)C1CCNCC1.Cl. The number of halogens is 1. The van der Waals surface area contributed by atoms with Gasteiger partial charge in [-0.05, 0) is 39.4 Å². The van der Waals surface area contributed by atoms with Crippen molar-refractivity contribution in [2.45, 2.75) is 32.2 Å². The summed E-state index contributed by atoms with van der Waals surface area (Å²) in [4.78, 5) is 13.8. The second-order valence-corrected chi connectivity index (χ2v) is 6.46. The van der Waals surface area contributed by atoms with Crippen molar-refractivity contribution in [1.29, 1.82) is 0 Å². The van der Waals surface area contributed by atoms with Gasteiger partial charge in [0.2, 0.25) is 15.9 Å². The lowest BCUT2D eigenvalue weighted by Gasteiger charge is -2.34. The average Bonchev–Trinajstić information content (AvgIpc) is 2.36. The van der Waals surface area contributed by atoms with Gasteiger partial charge in [-0.1, -0.05) is 6.92 Å². The lowest BCUT2D eigenvalue weighted by molar-refractivity contribution is -0.131. The van der Waals surface area contributed by atoms with Gasteiger partial charge < -0.3 is 10.2 Å². The lowest BCUT2D eigenvalue weighted by atomic mass is 10.0. The quantitative estimate of drug-likeness (QED) is 0.720. The van der Waals surface area contributed by atoms with Crippen molar-refractivity contribution in [3.05, 3.63) is 0 Å². The third-order valence-electron chi connectivity index (χ3n) is 3.16. The summed E-state index contributed by atoms with van der Waals surface area (Å²) in [5.74, 6) is -0.744. The number of nitrogens with zero attached hydrogens (tertiary/aromatic N) is 1. The number of amides is 1. The van der Waals surface area contributed by atoms with Crippen LogP contribution in [0.3, 0.4) is 0 Å². The Labute approximate surface area is 121 Å². The van der Waals surface area contributed by atoms with Crippen LogP contribution in [0.25, 0.3) is 0 Å². The van der Waals surface area contributed by atoms with Gasteiger partial charge in [0.1, 0.15) is 5.75 Å². The number of hydrogen-bond acceptors (Lipinski definition) is 4.